The maximum Gasteiger partial charge on any atom is 0.245 e. The molecule has 1 fully saturated rings. The molecule has 0 aliphatic heterocycles. The first-order valence-electron chi connectivity index (χ1n) is 8.06. The molecule has 6 heteroatoms. The number of carbonyl (C=O) groups excluding carboxylic acids is 2. The first-order valence-corrected chi connectivity index (χ1v) is 8.88. The fourth-order valence-corrected chi connectivity index (χ4v) is 3.91. The van der Waals surface area contributed by atoms with Crippen LogP contribution >= 0.6 is 11.3 Å². The lowest BCUT2D eigenvalue weighted by molar-refractivity contribution is -0.128. The second kappa shape index (κ2) is 7.08. The van der Waals surface area contributed by atoms with E-state index in [9.17, 15) is 9.59 Å². The molecular formula is C17H21N3O2S. The van der Waals surface area contributed by atoms with Crippen molar-refractivity contribution in [1.82, 2.24) is 10.3 Å². The Labute approximate surface area is 139 Å². The quantitative estimate of drug-likeness (QED) is 0.903. The SMILES string of the molecule is Cc1ccc2nc(NC(=O)CNC(=O)C3CCCCC3)sc2c1. The van der Waals surface area contributed by atoms with Crippen molar-refractivity contribution < 1.29 is 9.59 Å². The molecule has 1 heterocycles. The van der Waals surface area contributed by atoms with Gasteiger partial charge in [0.05, 0.1) is 16.8 Å². The zero-order valence-electron chi connectivity index (χ0n) is 13.2. The highest BCUT2D eigenvalue weighted by molar-refractivity contribution is 7.22. The first kappa shape index (κ1) is 15.9. The molecule has 1 aliphatic carbocycles. The number of amides is 2. The lowest BCUT2D eigenvalue weighted by Crippen LogP contribution is -2.37. The third-order valence-corrected chi connectivity index (χ3v) is 5.12. The molecule has 0 bridgehead atoms. The number of hydrogen-bond acceptors (Lipinski definition) is 4. The van der Waals surface area contributed by atoms with Crippen LogP contribution in [0, 0.1) is 12.8 Å². The average Bonchev–Trinajstić information content (AvgIpc) is 2.94. The van der Waals surface area contributed by atoms with Crippen LogP contribution in [0.15, 0.2) is 18.2 Å². The first-order chi connectivity index (χ1) is 11.1. The smallest absolute Gasteiger partial charge is 0.245 e. The number of carbonyl (C=O) groups is 2. The Hall–Kier alpha value is -1.95. The number of thiazole rings is 1. The van der Waals surface area contributed by atoms with E-state index in [0.717, 1.165) is 35.9 Å². The van der Waals surface area contributed by atoms with E-state index >= 15 is 0 Å². The summed E-state index contributed by atoms with van der Waals surface area (Å²) in [4.78, 5) is 28.4. The molecule has 1 aliphatic rings. The molecule has 0 radical (unpaired) electrons. The number of rotatable bonds is 4. The van der Waals surface area contributed by atoms with Gasteiger partial charge in [0.25, 0.3) is 0 Å². The molecule has 2 aromatic rings. The number of anilines is 1. The lowest BCUT2D eigenvalue weighted by atomic mass is 9.89. The van der Waals surface area contributed by atoms with E-state index in [-0.39, 0.29) is 24.3 Å². The molecule has 2 amide bonds. The van der Waals surface area contributed by atoms with Crippen molar-refractivity contribution in [3.63, 3.8) is 0 Å². The number of hydrogen-bond donors (Lipinski definition) is 2. The minimum Gasteiger partial charge on any atom is -0.347 e. The molecule has 0 saturated heterocycles. The van der Waals surface area contributed by atoms with Crippen molar-refractivity contribution in [2.45, 2.75) is 39.0 Å². The molecule has 5 nitrogen and oxygen atoms in total. The molecule has 1 saturated carbocycles. The van der Waals surface area contributed by atoms with Crippen LogP contribution in [0.2, 0.25) is 0 Å². The van der Waals surface area contributed by atoms with E-state index < -0.39 is 0 Å². The summed E-state index contributed by atoms with van der Waals surface area (Å²) in [5.41, 5.74) is 2.04. The van der Waals surface area contributed by atoms with Gasteiger partial charge in [0.15, 0.2) is 5.13 Å². The summed E-state index contributed by atoms with van der Waals surface area (Å²) < 4.78 is 1.05. The van der Waals surface area contributed by atoms with Gasteiger partial charge in [0, 0.05) is 5.92 Å². The number of aromatic nitrogens is 1. The lowest BCUT2D eigenvalue weighted by Gasteiger charge is -2.20. The normalized spacial score (nSPS) is 15.5. The van der Waals surface area contributed by atoms with Crippen LogP contribution < -0.4 is 10.6 Å². The van der Waals surface area contributed by atoms with Crippen molar-refractivity contribution >= 4 is 38.5 Å². The monoisotopic (exact) mass is 331 g/mol. The number of aryl methyl sites for hydroxylation is 1. The van der Waals surface area contributed by atoms with Crippen LogP contribution in [0.3, 0.4) is 0 Å². The highest BCUT2D eigenvalue weighted by atomic mass is 32.1. The van der Waals surface area contributed by atoms with Crippen LogP contribution in [0.1, 0.15) is 37.7 Å². The Morgan fingerprint density at radius 3 is 2.83 bits per heavy atom. The van der Waals surface area contributed by atoms with E-state index in [0.29, 0.717) is 5.13 Å². The van der Waals surface area contributed by atoms with Crippen LogP contribution in [0.5, 0.6) is 0 Å². The van der Waals surface area contributed by atoms with Crippen molar-refractivity contribution in [2.24, 2.45) is 5.92 Å². The van der Waals surface area contributed by atoms with E-state index in [2.05, 4.69) is 15.6 Å². The second-order valence-electron chi connectivity index (χ2n) is 6.09. The van der Waals surface area contributed by atoms with E-state index in [1.807, 2.05) is 25.1 Å². The van der Waals surface area contributed by atoms with Crippen molar-refractivity contribution in [1.29, 1.82) is 0 Å². The number of fused-ring (bicyclic) bond motifs is 1. The predicted octanol–water partition coefficient (Wildman–Crippen LogP) is 3.24. The van der Waals surface area contributed by atoms with E-state index in [1.54, 1.807) is 0 Å². The maximum atomic E-state index is 12.0. The Balaban J connectivity index is 1.52. The van der Waals surface area contributed by atoms with Gasteiger partial charge in [0.2, 0.25) is 11.8 Å². The van der Waals surface area contributed by atoms with Gasteiger partial charge in [-0.25, -0.2) is 4.98 Å². The number of nitrogens with one attached hydrogen (secondary N) is 2. The van der Waals surface area contributed by atoms with Gasteiger partial charge < -0.3 is 10.6 Å². The van der Waals surface area contributed by atoms with Crippen LogP contribution in [0.25, 0.3) is 10.2 Å². The van der Waals surface area contributed by atoms with E-state index in [1.165, 1.54) is 23.3 Å². The summed E-state index contributed by atoms with van der Waals surface area (Å²) in [6.45, 7) is 2.03. The Morgan fingerprint density at radius 2 is 2.04 bits per heavy atom. The summed E-state index contributed by atoms with van der Waals surface area (Å²) in [7, 11) is 0. The molecular weight excluding hydrogens is 310 g/mol. The fourth-order valence-electron chi connectivity index (χ4n) is 2.93. The third kappa shape index (κ3) is 4.07. The molecule has 3 rings (SSSR count). The molecule has 2 N–H and O–H groups in total. The minimum absolute atomic E-state index is 0.000209. The molecule has 0 atom stereocenters. The van der Waals surface area contributed by atoms with Gasteiger partial charge in [-0.3, -0.25) is 9.59 Å². The van der Waals surface area contributed by atoms with Crippen LogP contribution in [-0.4, -0.2) is 23.3 Å². The summed E-state index contributed by atoms with van der Waals surface area (Å²) in [5.74, 6) is -0.160. The van der Waals surface area contributed by atoms with Crippen molar-refractivity contribution in [3.05, 3.63) is 23.8 Å². The molecule has 122 valence electrons. The highest BCUT2D eigenvalue weighted by Gasteiger charge is 2.21. The van der Waals surface area contributed by atoms with E-state index in [4.69, 9.17) is 0 Å². The maximum absolute atomic E-state index is 12.0. The Kier molecular flexibility index (Phi) is 4.91. The molecule has 23 heavy (non-hydrogen) atoms. The fraction of sp³-hybridized carbons (Fsp3) is 0.471. The molecule has 1 aromatic heterocycles. The zero-order valence-corrected chi connectivity index (χ0v) is 14.0. The van der Waals surface area contributed by atoms with Crippen molar-refractivity contribution in [3.8, 4) is 0 Å². The second-order valence-corrected chi connectivity index (χ2v) is 7.12. The summed E-state index contributed by atoms with van der Waals surface area (Å²) in [6, 6.07) is 5.99. The zero-order chi connectivity index (χ0) is 16.2. The van der Waals surface area contributed by atoms with Gasteiger partial charge >= 0.3 is 0 Å². The van der Waals surface area contributed by atoms with Crippen LogP contribution in [0.4, 0.5) is 5.13 Å². The highest BCUT2D eigenvalue weighted by Crippen LogP contribution is 2.26. The summed E-state index contributed by atoms with van der Waals surface area (Å²) in [5, 5.41) is 6.08. The molecule has 1 aromatic carbocycles. The standard InChI is InChI=1S/C17H21N3O2S/c1-11-7-8-13-14(9-11)23-17(19-13)20-15(21)10-18-16(22)12-5-3-2-4-6-12/h7-9,12H,2-6,10H2,1H3,(H,18,22)(H,19,20,21). The van der Waals surface area contributed by atoms with Gasteiger partial charge in [-0.1, -0.05) is 36.7 Å². The van der Waals surface area contributed by atoms with Gasteiger partial charge in [-0.05, 0) is 37.5 Å². The van der Waals surface area contributed by atoms with Crippen molar-refractivity contribution in [2.75, 3.05) is 11.9 Å². The minimum atomic E-state index is -0.232. The predicted molar refractivity (Wildman–Crippen MR) is 92.6 cm³/mol. The van der Waals surface area contributed by atoms with Crippen LogP contribution in [-0.2, 0) is 9.59 Å². The third-order valence-electron chi connectivity index (χ3n) is 4.19. The summed E-state index contributed by atoms with van der Waals surface area (Å²) >= 11 is 1.45. The average molecular weight is 331 g/mol. The number of nitrogens with zero attached hydrogens (tertiary/aromatic N) is 1. The van der Waals surface area contributed by atoms with Gasteiger partial charge in [0.1, 0.15) is 0 Å². The molecule has 0 unspecified atom stereocenters. The number of benzene rings is 1. The Bertz CT molecular complexity index is 720. The molecule has 0 spiro atoms. The topological polar surface area (TPSA) is 71.1 Å². The Morgan fingerprint density at radius 1 is 1.26 bits per heavy atom. The summed E-state index contributed by atoms with van der Waals surface area (Å²) in [6.07, 6.45) is 5.29. The largest absolute Gasteiger partial charge is 0.347 e. The van der Waals surface area contributed by atoms with Gasteiger partial charge in [-0.2, -0.15) is 0 Å². The van der Waals surface area contributed by atoms with Gasteiger partial charge in [-0.15, -0.1) is 0 Å².